The Kier molecular flexibility index (Phi) is 4.62. The molecule has 0 aliphatic carbocycles. The van der Waals surface area contributed by atoms with Gasteiger partial charge in [0.1, 0.15) is 0 Å². The van der Waals surface area contributed by atoms with Crippen molar-refractivity contribution in [2.75, 3.05) is 18.6 Å². The molecule has 0 spiro atoms. The van der Waals surface area contributed by atoms with Crippen molar-refractivity contribution in [3.8, 4) is 0 Å². The molecule has 2 rings (SSSR count). The van der Waals surface area contributed by atoms with Gasteiger partial charge < -0.3 is 5.32 Å². The highest BCUT2D eigenvalue weighted by Gasteiger charge is 2.31. The molecule has 0 aromatic carbocycles. The van der Waals surface area contributed by atoms with Crippen molar-refractivity contribution in [3.05, 3.63) is 17.0 Å². The van der Waals surface area contributed by atoms with E-state index in [0.29, 0.717) is 11.5 Å². The quantitative estimate of drug-likeness (QED) is 0.471. The van der Waals surface area contributed by atoms with Crippen LogP contribution in [0.25, 0.3) is 0 Å². The Balaban J connectivity index is 2.20. The maximum atomic E-state index is 11.6. The van der Waals surface area contributed by atoms with Gasteiger partial charge in [0.05, 0.1) is 29.5 Å². The third kappa shape index (κ3) is 3.59. The zero-order valence-electron chi connectivity index (χ0n) is 12.3. The number of thiocarbonyl (C=S) groups is 1. The fourth-order valence-electron chi connectivity index (χ4n) is 2.40. The fourth-order valence-corrected chi connectivity index (χ4v) is 4.14. The predicted octanol–water partition coefficient (Wildman–Crippen LogP) is 0.287. The number of sulfone groups is 1. The van der Waals surface area contributed by atoms with Gasteiger partial charge in [-0.2, -0.15) is 10.2 Å². The fraction of sp³-hybridized carbons (Fsp3) is 0.583. The highest BCUT2D eigenvalue weighted by molar-refractivity contribution is 7.91. The Labute approximate surface area is 129 Å². The maximum Gasteiger partial charge on any atom is 0.186 e. The zero-order valence-corrected chi connectivity index (χ0v) is 13.9. The van der Waals surface area contributed by atoms with E-state index in [-0.39, 0.29) is 17.5 Å². The topological polar surface area (TPSA) is 88.4 Å². The molecule has 2 N–H and O–H groups in total. The first-order valence-corrected chi connectivity index (χ1v) is 8.84. The first kappa shape index (κ1) is 15.9. The van der Waals surface area contributed by atoms with Crippen LogP contribution in [0, 0.1) is 13.8 Å². The van der Waals surface area contributed by atoms with E-state index in [4.69, 9.17) is 12.2 Å². The third-order valence-electron chi connectivity index (χ3n) is 3.52. The van der Waals surface area contributed by atoms with E-state index in [2.05, 4.69) is 20.9 Å². The normalized spacial score (nSPS) is 20.8. The molecule has 0 unspecified atom stereocenters. The summed E-state index contributed by atoms with van der Waals surface area (Å²) < 4.78 is 25.0. The molecular formula is C12H19N5O2S2. The van der Waals surface area contributed by atoms with Crippen LogP contribution >= 0.6 is 12.2 Å². The van der Waals surface area contributed by atoms with Crippen LogP contribution in [-0.4, -0.2) is 48.1 Å². The lowest BCUT2D eigenvalue weighted by molar-refractivity contribution is 0.486. The van der Waals surface area contributed by atoms with Crippen molar-refractivity contribution in [1.29, 1.82) is 0 Å². The number of hydrogen-bond acceptors (Lipinski definition) is 5. The number of aromatic nitrogens is 2. The SMILES string of the molecule is CNC(=S)N/N=C\c1c(C)nn([C@H]2CCS(=O)(=O)C2)c1C. The van der Waals surface area contributed by atoms with Gasteiger partial charge in [0, 0.05) is 18.3 Å². The van der Waals surface area contributed by atoms with Gasteiger partial charge in [0.15, 0.2) is 14.9 Å². The van der Waals surface area contributed by atoms with E-state index in [1.807, 2.05) is 13.8 Å². The number of hydrazone groups is 1. The van der Waals surface area contributed by atoms with Crippen LogP contribution in [0.4, 0.5) is 0 Å². The Bertz CT molecular complexity index is 678. The molecule has 0 amide bonds. The molecule has 2 heterocycles. The largest absolute Gasteiger partial charge is 0.364 e. The summed E-state index contributed by atoms with van der Waals surface area (Å²) in [6.07, 6.45) is 2.27. The van der Waals surface area contributed by atoms with E-state index in [1.54, 1.807) is 17.9 Å². The highest BCUT2D eigenvalue weighted by atomic mass is 32.2. The Morgan fingerprint density at radius 3 is 2.81 bits per heavy atom. The van der Waals surface area contributed by atoms with E-state index >= 15 is 0 Å². The van der Waals surface area contributed by atoms with Crippen LogP contribution in [0.1, 0.15) is 29.4 Å². The van der Waals surface area contributed by atoms with Crippen LogP contribution in [0.5, 0.6) is 0 Å². The molecule has 116 valence electrons. The lowest BCUT2D eigenvalue weighted by atomic mass is 10.2. The first-order valence-electron chi connectivity index (χ1n) is 6.61. The van der Waals surface area contributed by atoms with Crippen LogP contribution < -0.4 is 10.7 Å². The number of nitrogens with zero attached hydrogens (tertiary/aromatic N) is 3. The number of rotatable bonds is 3. The van der Waals surface area contributed by atoms with Gasteiger partial charge in [-0.05, 0) is 32.5 Å². The van der Waals surface area contributed by atoms with Gasteiger partial charge in [0.25, 0.3) is 0 Å². The number of hydrogen-bond donors (Lipinski definition) is 2. The van der Waals surface area contributed by atoms with Gasteiger partial charge in [-0.1, -0.05) is 0 Å². The van der Waals surface area contributed by atoms with E-state index in [0.717, 1.165) is 17.0 Å². The number of nitrogens with one attached hydrogen (secondary N) is 2. The lowest BCUT2D eigenvalue weighted by Gasteiger charge is -2.10. The molecule has 1 atom stereocenters. The summed E-state index contributed by atoms with van der Waals surface area (Å²) in [5.41, 5.74) is 5.29. The minimum atomic E-state index is -2.93. The summed E-state index contributed by atoms with van der Waals surface area (Å²) in [6, 6.07) is -0.0813. The molecule has 1 aliphatic rings. The van der Waals surface area contributed by atoms with Gasteiger partial charge in [-0.3, -0.25) is 10.1 Å². The highest BCUT2D eigenvalue weighted by Crippen LogP contribution is 2.26. The summed E-state index contributed by atoms with van der Waals surface area (Å²) in [4.78, 5) is 0. The predicted molar refractivity (Wildman–Crippen MR) is 86.4 cm³/mol. The standard InChI is InChI=1S/C12H19N5O2S2/c1-8-11(6-14-15-12(20)13-3)9(2)17(16-8)10-4-5-21(18,19)7-10/h6,10H,4-5,7H2,1-3H3,(H2,13,15,20)/b14-6-/t10-/m0/s1. The van der Waals surface area contributed by atoms with Crippen molar-refractivity contribution in [2.24, 2.45) is 5.10 Å². The van der Waals surface area contributed by atoms with Gasteiger partial charge >= 0.3 is 0 Å². The minimum Gasteiger partial charge on any atom is -0.364 e. The monoisotopic (exact) mass is 329 g/mol. The molecule has 21 heavy (non-hydrogen) atoms. The molecule has 0 radical (unpaired) electrons. The second-order valence-corrected chi connectivity index (χ2v) is 7.67. The Morgan fingerprint density at radius 1 is 1.52 bits per heavy atom. The third-order valence-corrected chi connectivity index (χ3v) is 5.57. The van der Waals surface area contributed by atoms with Gasteiger partial charge in [-0.15, -0.1) is 0 Å². The molecule has 1 aliphatic heterocycles. The van der Waals surface area contributed by atoms with E-state index < -0.39 is 9.84 Å². The van der Waals surface area contributed by atoms with Crippen LogP contribution in [0.3, 0.4) is 0 Å². The molecule has 1 aromatic rings. The van der Waals surface area contributed by atoms with Crippen molar-refractivity contribution in [2.45, 2.75) is 26.3 Å². The average Bonchev–Trinajstić information content (AvgIpc) is 2.91. The average molecular weight is 329 g/mol. The smallest absolute Gasteiger partial charge is 0.186 e. The molecular weight excluding hydrogens is 310 g/mol. The summed E-state index contributed by atoms with van der Waals surface area (Å²) in [5.74, 6) is 0.394. The van der Waals surface area contributed by atoms with Crippen LogP contribution in [-0.2, 0) is 9.84 Å². The Morgan fingerprint density at radius 2 is 2.24 bits per heavy atom. The molecule has 1 fully saturated rings. The molecule has 1 saturated heterocycles. The summed E-state index contributed by atoms with van der Waals surface area (Å²) >= 11 is 4.93. The van der Waals surface area contributed by atoms with Gasteiger partial charge in [-0.25, -0.2) is 8.42 Å². The summed E-state index contributed by atoms with van der Waals surface area (Å²) in [5, 5.41) is 11.7. The van der Waals surface area contributed by atoms with E-state index in [1.165, 1.54) is 0 Å². The molecule has 9 heteroatoms. The maximum absolute atomic E-state index is 11.6. The lowest BCUT2D eigenvalue weighted by Crippen LogP contribution is -2.28. The van der Waals surface area contributed by atoms with E-state index in [9.17, 15) is 8.42 Å². The first-order chi connectivity index (χ1) is 9.84. The minimum absolute atomic E-state index is 0.0813. The van der Waals surface area contributed by atoms with Crippen molar-refractivity contribution in [1.82, 2.24) is 20.5 Å². The van der Waals surface area contributed by atoms with Crippen molar-refractivity contribution in [3.63, 3.8) is 0 Å². The summed E-state index contributed by atoms with van der Waals surface area (Å²) in [7, 11) is -1.22. The second-order valence-electron chi connectivity index (χ2n) is 5.04. The van der Waals surface area contributed by atoms with Crippen molar-refractivity contribution >= 4 is 33.4 Å². The molecule has 1 aromatic heterocycles. The second kappa shape index (κ2) is 6.10. The van der Waals surface area contributed by atoms with Crippen molar-refractivity contribution < 1.29 is 8.42 Å². The summed E-state index contributed by atoms with van der Waals surface area (Å²) in [6.45, 7) is 3.80. The van der Waals surface area contributed by atoms with Crippen LogP contribution in [0.2, 0.25) is 0 Å². The van der Waals surface area contributed by atoms with Crippen LogP contribution in [0.15, 0.2) is 5.10 Å². The molecule has 0 bridgehead atoms. The van der Waals surface area contributed by atoms with Gasteiger partial charge in [0.2, 0.25) is 0 Å². The Hall–Kier alpha value is -1.48. The molecule has 7 nitrogen and oxygen atoms in total. The molecule has 0 saturated carbocycles. The number of aryl methyl sites for hydroxylation is 1. The zero-order chi connectivity index (χ0) is 15.6.